The summed E-state index contributed by atoms with van der Waals surface area (Å²) < 4.78 is 0. The number of hydrazine groups is 1. The van der Waals surface area contributed by atoms with Gasteiger partial charge in [-0.05, 0) is 19.3 Å². The molecule has 0 unspecified atom stereocenters. The van der Waals surface area contributed by atoms with E-state index in [4.69, 9.17) is 0 Å². The summed E-state index contributed by atoms with van der Waals surface area (Å²) in [4.78, 5) is 0. The number of hydrogen-bond donors (Lipinski definition) is 2. The highest BCUT2D eigenvalue weighted by Crippen LogP contribution is 2.08. The second-order valence-electron chi connectivity index (χ2n) is 5.31. The van der Waals surface area contributed by atoms with Crippen LogP contribution in [0.5, 0.6) is 0 Å². The Balaban J connectivity index is -0.0000000838. The molecule has 0 bridgehead atoms. The van der Waals surface area contributed by atoms with Crippen LogP contribution in [0.25, 0.3) is 0 Å². The molecule has 3 nitrogen and oxygen atoms in total. The Kier molecular flexibility index (Phi) is 21.2. The van der Waals surface area contributed by atoms with Gasteiger partial charge in [-0.15, -0.1) is 0 Å². The van der Waals surface area contributed by atoms with Crippen LogP contribution in [-0.4, -0.2) is 32.8 Å². The van der Waals surface area contributed by atoms with Gasteiger partial charge in [-0.2, -0.15) is 0 Å². The van der Waals surface area contributed by atoms with Crippen molar-refractivity contribution in [3.8, 4) is 0 Å². The van der Waals surface area contributed by atoms with E-state index in [2.05, 4.69) is 57.3 Å². The third kappa shape index (κ3) is 25.9. The SMILES string of the molecule is C.CC.CC(C)(C)C.CC(C)N1CNCN1.[B]. The average Bonchev–Trinajstić information content (AvgIpc) is 2.56. The van der Waals surface area contributed by atoms with Gasteiger partial charge in [0.05, 0.1) is 13.3 Å². The van der Waals surface area contributed by atoms with Gasteiger partial charge in [0.25, 0.3) is 0 Å². The van der Waals surface area contributed by atoms with E-state index in [0.717, 1.165) is 13.3 Å². The fraction of sp³-hybridized carbons (Fsp3) is 1.00. The lowest BCUT2D eigenvalue weighted by molar-refractivity contribution is 0.198. The van der Waals surface area contributed by atoms with Crippen molar-refractivity contribution in [3.63, 3.8) is 0 Å². The third-order valence-corrected chi connectivity index (χ3v) is 1.31. The van der Waals surface area contributed by atoms with E-state index in [-0.39, 0.29) is 15.8 Å². The fourth-order valence-electron chi connectivity index (χ4n) is 0.755. The maximum atomic E-state index is 3.18. The van der Waals surface area contributed by atoms with E-state index < -0.39 is 0 Å². The van der Waals surface area contributed by atoms with E-state index in [0.29, 0.717) is 11.5 Å². The number of rotatable bonds is 1. The van der Waals surface area contributed by atoms with Crippen LogP contribution < -0.4 is 10.7 Å². The Hall–Kier alpha value is -0.0551. The van der Waals surface area contributed by atoms with Gasteiger partial charge in [-0.1, -0.05) is 49.0 Å². The molecule has 17 heavy (non-hydrogen) atoms. The molecule has 0 amide bonds. The largest absolute Gasteiger partial charge is 0.290 e. The van der Waals surface area contributed by atoms with Crippen molar-refractivity contribution in [1.29, 1.82) is 0 Å². The van der Waals surface area contributed by atoms with Gasteiger partial charge in [0.1, 0.15) is 0 Å². The van der Waals surface area contributed by atoms with E-state index in [1.807, 2.05) is 13.8 Å². The van der Waals surface area contributed by atoms with Crippen molar-refractivity contribution in [2.45, 2.75) is 68.9 Å². The minimum Gasteiger partial charge on any atom is -0.290 e. The van der Waals surface area contributed by atoms with Crippen LogP contribution in [0.15, 0.2) is 0 Å². The Bertz CT molecular complexity index is 121. The molecule has 0 spiro atoms. The fourth-order valence-corrected chi connectivity index (χ4v) is 0.755. The minimum absolute atomic E-state index is 0. The average molecular weight is 244 g/mol. The van der Waals surface area contributed by atoms with Gasteiger partial charge in [0.2, 0.25) is 0 Å². The van der Waals surface area contributed by atoms with Crippen LogP contribution in [0.3, 0.4) is 0 Å². The first-order valence-corrected chi connectivity index (χ1v) is 6.01. The summed E-state index contributed by atoms with van der Waals surface area (Å²) >= 11 is 0. The Labute approximate surface area is 112 Å². The number of hydrogen-bond acceptors (Lipinski definition) is 3. The maximum absolute atomic E-state index is 3.18. The molecule has 0 aliphatic carbocycles. The summed E-state index contributed by atoms with van der Waals surface area (Å²) in [5.41, 5.74) is 3.68. The summed E-state index contributed by atoms with van der Waals surface area (Å²) in [5.74, 6) is 0. The lowest BCUT2D eigenvalue weighted by atomic mass is 10.0. The van der Waals surface area contributed by atoms with Crippen molar-refractivity contribution in [3.05, 3.63) is 0 Å². The molecule has 0 atom stereocenters. The molecule has 4 heteroatoms. The zero-order valence-corrected chi connectivity index (χ0v) is 12.5. The molecule has 1 rings (SSSR count). The van der Waals surface area contributed by atoms with Crippen LogP contribution >= 0.6 is 0 Å². The van der Waals surface area contributed by atoms with Gasteiger partial charge in [-0.25, -0.2) is 10.4 Å². The van der Waals surface area contributed by atoms with Crippen LogP contribution in [0.1, 0.15) is 62.8 Å². The molecule has 3 radical (unpaired) electrons. The Morgan fingerprint density at radius 2 is 1.41 bits per heavy atom. The quantitative estimate of drug-likeness (QED) is 0.694. The normalized spacial score (nSPS) is 14.6. The number of nitrogens with one attached hydrogen (secondary N) is 2. The molecule has 1 heterocycles. The van der Waals surface area contributed by atoms with Crippen molar-refractivity contribution < 1.29 is 0 Å². The zero-order valence-electron chi connectivity index (χ0n) is 12.5. The second-order valence-corrected chi connectivity index (χ2v) is 5.31. The van der Waals surface area contributed by atoms with Crippen LogP contribution in [0.2, 0.25) is 0 Å². The molecular formula is C13H35BN3. The van der Waals surface area contributed by atoms with Gasteiger partial charge in [0, 0.05) is 14.5 Å². The van der Waals surface area contributed by atoms with Crippen molar-refractivity contribution in [2.24, 2.45) is 5.41 Å². The summed E-state index contributed by atoms with van der Waals surface area (Å²) in [6.45, 7) is 19.0. The second kappa shape index (κ2) is 14.0. The van der Waals surface area contributed by atoms with E-state index in [1.54, 1.807) is 0 Å². The first-order valence-electron chi connectivity index (χ1n) is 6.01. The van der Waals surface area contributed by atoms with Crippen molar-refractivity contribution >= 4 is 8.41 Å². The topological polar surface area (TPSA) is 27.3 Å². The van der Waals surface area contributed by atoms with Crippen LogP contribution in [0.4, 0.5) is 0 Å². The Morgan fingerprint density at radius 3 is 1.53 bits per heavy atom. The molecule has 1 fully saturated rings. The van der Waals surface area contributed by atoms with Gasteiger partial charge in [0.15, 0.2) is 0 Å². The van der Waals surface area contributed by atoms with E-state index in [9.17, 15) is 0 Å². The summed E-state index contributed by atoms with van der Waals surface area (Å²) in [5, 5.41) is 5.34. The molecule has 2 N–H and O–H groups in total. The summed E-state index contributed by atoms with van der Waals surface area (Å²) in [6, 6.07) is 0.602. The van der Waals surface area contributed by atoms with Crippen molar-refractivity contribution in [2.75, 3.05) is 13.3 Å². The molecule has 1 saturated heterocycles. The lowest BCUT2D eigenvalue weighted by Gasteiger charge is -2.17. The van der Waals surface area contributed by atoms with Crippen LogP contribution in [0, 0.1) is 5.41 Å². The van der Waals surface area contributed by atoms with Gasteiger partial charge >= 0.3 is 0 Å². The molecular weight excluding hydrogens is 209 g/mol. The molecule has 0 aromatic carbocycles. The smallest absolute Gasteiger partial charge is 0.0634 e. The molecule has 1 aliphatic heterocycles. The van der Waals surface area contributed by atoms with Crippen LogP contribution in [-0.2, 0) is 0 Å². The highest BCUT2D eigenvalue weighted by molar-refractivity contribution is 5.75. The zero-order chi connectivity index (χ0) is 12.5. The molecule has 1 aliphatic rings. The van der Waals surface area contributed by atoms with E-state index >= 15 is 0 Å². The monoisotopic (exact) mass is 244 g/mol. The predicted molar refractivity (Wildman–Crippen MR) is 81.9 cm³/mol. The van der Waals surface area contributed by atoms with E-state index in [1.165, 1.54) is 0 Å². The first-order chi connectivity index (χ1) is 6.80. The van der Waals surface area contributed by atoms with Gasteiger partial charge in [-0.3, -0.25) is 5.32 Å². The Morgan fingerprint density at radius 1 is 1.06 bits per heavy atom. The molecule has 0 aromatic heterocycles. The standard InChI is InChI=1S/C5H13N3.C5H12.C2H6.CH4.B/c1-5(2)8-4-6-3-7-8;1-5(2,3)4;1-2;;/h5-7H,3-4H2,1-2H3;1-4H3;1-2H3;1H4;. The lowest BCUT2D eigenvalue weighted by Crippen LogP contribution is -2.36. The highest BCUT2D eigenvalue weighted by atomic mass is 15.6. The third-order valence-electron chi connectivity index (χ3n) is 1.31. The first kappa shape index (κ1) is 25.7. The maximum Gasteiger partial charge on any atom is 0.0634 e. The summed E-state index contributed by atoms with van der Waals surface area (Å²) in [6.07, 6.45) is 0. The summed E-state index contributed by atoms with van der Waals surface area (Å²) in [7, 11) is 0. The molecule has 105 valence electrons. The minimum atomic E-state index is 0. The highest BCUT2D eigenvalue weighted by Gasteiger charge is 2.11. The number of nitrogens with zero attached hydrogens (tertiary/aromatic N) is 1. The molecule has 0 saturated carbocycles. The molecule has 0 aromatic rings. The van der Waals surface area contributed by atoms with Gasteiger partial charge < -0.3 is 0 Å². The predicted octanol–water partition coefficient (Wildman–Crippen LogP) is 3.05. The van der Waals surface area contributed by atoms with Crippen molar-refractivity contribution in [1.82, 2.24) is 15.8 Å².